The van der Waals surface area contributed by atoms with E-state index in [1.807, 2.05) is 53.7 Å². The summed E-state index contributed by atoms with van der Waals surface area (Å²) in [5.41, 5.74) is 2.32. The van der Waals surface area contributed by atoms with Crippen LogP contribution in [0.2, 0.25) is 0 Å². The first kappa shape index (κ1) is 23.3. The first-order valence-electron chi connectivity index (χ1n) is 10.1. The average Bonchev–Trinajstić information content (AvgIpc) is 3.21. The zero-order chi connectivity index (χ0) is 23.0. The molecule has 0 saturated heterocycles. The molecule has 2 aromatic heterocycles. The molecule has 3 aromatic rings. The van der Waals surface area contributed by atoms with Gasteiger partial charge in [-0.25, -0.2) is 8.42 Å². The van der Waals surface area contributed by atoms with Crippen molar-refractivity contribution in [3.8, 4) is 5.75 Å². The van der Waals surface area contributed by atoms with E-state index in [2.05, 4.69) is 4.98 Å². The number of aromatic nitrogens is 1. The van der Waals surface area contributed by atoms with E-state index < -0.39 is 10.0 Å². The third kappa shape index (κ3) is 4.93. The minimum atomic E-state index is -3.77. The number of rotatable bonds is 5. The fraction of sp³-hybridized carbons (Fsp3) is 0.375. The lowest BCUT2D eigenvalue weighted by atomic mass is 9.78. The highest BCUT2D eigenvalue weighted by molar-refractivity contribution is 7.94. The van der Waals surface area contributed by atoms with Gasteiger partial charge in [-0.05, 0) is 63.2 Å². The van der Waals surface area contributed by atoms with Gasteiger partial charge in [-0.3, -0.25) is 9.29 Å². The van der Waals surface area contributed by atoms with Crippen LogP contribution in [0.3, 0.4) is 0 Å². The van der Waals surface area contributed by atoms with E-state index in [1.165, 1.54) is 15.6 Å². The van der Waals surface area contributed by atoms with Crippen molar-refractivity contribution >= 4 is 27.0 Å². The Morgan fingerprint density at radius 1 is 1.00 bits per heavy atom. The number of thiophene rings is 1. The van der Waals surface area contributed by atoms with Crippen LogP contribution >= 0.6 is 11.3 Å². The Morgan fingerprint density at radius 3 is 2.06 bits per heavy atom. The van der Waals surface area contributed by atoms with Crippen LogP contribution in [-0.4, -0.2) is 18.5 Å². The van der Waals surface area contributed by atoms with Crippen molar-refractivity contribution in [3.05, 3.63) is 70.9 Å². The summed E-state index contributed by atoms with van der Waals surface area (Å²) in [5, 5.41) is 12.8. The number of phenols is 1. The summed E-state index contributed by atoms with van der Waals surface area (Å²) in [6, 6.07) is 10.6. The largest absolute Gasteiger partial charge is 0.507 e. The minimum Gasteiger partial charge on any atom is -0.507 e. The van der Waals surface area contributed by atoms with Gasteiger partial charge in [0.05, 0.1) is 18.4 Å². The highest BCUT2D eigenvalue weighted by Gasteiger charge is 2.30. The maximum Gasteiger partial charge on any atom is 0.274 e. The highest BCUT2D eigenvalue weighted by atomic mass is 32.2. The van der Waals surface area contributed by atoms with E-state index >= 15 is 0 Å². The molecule has 0 aliphatic heterocycles. The molecule has 0 amide bonds. The maximum absolute atomic E-state index is 13.5. The van der Waals surface area contributed by atoms with Gasteiger partial charge in [0.2, 0.25) is 0 Å². The molecule has 0 spiro atoms. The van der Waals surface area contributed by atoms with Gasteiger partial charge in [-0.1, -0.05) is 47.6 Å². The molecule has 0 saturated carbocycles. The van der Waals surface area contributed by atoms with Gasteiger partial charge < -0.3 is 5.11 Å². The number of hydrogen-bond donors (Lipinski definition) is 1. The van der Waals surface area contributed by atoms with Crippen LogP contribution in [0.5, 0.6) is 5.75 Å². The smallest absolute Gasteiger partial charge is 0.274 e. The first-order chi connectivity index (χ1) is 14.3. The molecular weight excluding hydrogens is 428 g/mol. The molecule has 0 fully saturated rings. The molecule has 31 heavy (non-hydrogen) atoms. The van der Waals surface area contributed by atoms with Crippen molar-refractivity contribution in [2.45, 2.75) is 63.1 Å². The number of pyridine rings is 1. The van der Waals surface area contributed by atoms with Crippen molar-refractivity contribution in [1.29, 1.82) is 0 Å². The van der Waals surface area contributed by atoms with Crippen molar-refractivity contribution in [2.24, 2.45) is 0 Å². The van der Waals surface area contributed by atoms with Gasteiger partial charge in [-0.2, -0.15) is 0 Å². The average molecular weight is 459 g/mol. The van der Waals surface area contributed by atoms with E-state index in [0.29, 0.717) is 5.69 Å². The number of nitrogens with zero attached hydrogens (tertiary/aromatic N) is 2. The number of anilines is 1. The summed E-state index contributed by atoms with van der Waals surface area (Å²) >= 11 is 1.19. The Labute approximate surface area is 189 Å². The van der Waals surface area contributed by atoms with Gasteiger partial charge in [0, 0.05) is 6.20 Å². The van der Waals surface area contributed by atoms with Crippen molar-refractivity contribution < 1.29 is 13.5 Å². The summed E-state index contributed by atoms with van der Waals surface area (Å²) in [4.78, 5) is 4.13. The Hall–Kier alpha value is -2.38. The quantitative estimate of drug-likeness (QED) is 0.521. The van der Waals surface area contributed by atoms with Crippen LogP contribution in [0.1, 0.15) is 58.2 Å². The number of phenolic OH excluding ortho intramolecular Hbond substituents is 1. The molecule has 0 bridgehead atoms. The number of hydrogen-bond acceptors (Lipinski definition) is 5. The third-order valence-corrected chi connectivity index (χ3v) is 8.23. The highest BCUT2D eigenvalue weighted by Crippen LogP contribution is 2.40. The van der Waals surface area contributed by atoms with E-state index in [9.17, 15) is 13.5 Å². The SMILES string of the molecule is CC(C)(C)c1cc(CN(c2cccnc2)S(=O)(=O)c2cccs2)cc(C(C)(C)C)c1O. The summed E-state index contributed by atoms with van der Waals surface area (Å²) < 4.78 is 28.6. The molecule has 0 aliphatic rings. The van der Waals surface area contributed by atoms with Gasteiger partial charge in [0.1, 0.15) is 9.96 Å². The summed E-state index contributed by atoms with van der Waals surface area (Å²) in [5.74, 6) is 0.276. The Kier molecular flexibility index (Phi) is 6.22. The van der Waals surface area contributed by atoms with Crippen LogP contribution in [-0.2, 0) is 27.4 Å². The van der Waals surface area contributed by atoms with Crippen LogP contribution in [0, 0.1) is 0 Å². The zero-order valence-electron chi connectivity index (χ0n) is 18.9. The van der Waals surface area contributed by atoms with Gasteiger partial charge in [0.25, 0.3) is 10.0 Å². The molecule has 0 radical (unpaired) electrons. The predicted molar refractivity (Wildman–Crippen MR) is 127 cm³/mol. The lowest BCUT2D eigenvalue weighted by Gasteiger charge is -2.30. The van der Waals surface area contributed by atoms with Crippen molar-refractivity contribution in [3.63, 3.8) is 0 Å². The summed E-state index contributed by atoms with van der Waals surface area (Å²) in [7, 11) is -3.77. The van der Waals surface area contributed by atoms with Crippen molar-refractivity contribution in [2.75, 3.05) is 4.31 Å². The van der Waals surface area contributed by atoms with Gasteiger partial charge in [-0.15, -0.1) is 11.3 Å². The maximum atomic E-state index is 13.5. The van der Waals surface area contributed by atoms with Gasteiger partial charge >= 0.3 is 0 Å². The second-order valence-corrected chi connectivity index (χ2v) is 12.7. The van der Waals surface area contributed by atoms with Crippen LogP contribution in [0.25, 0.3) is 0 Å². The molecule has 1 N–H and O–H groups in total. The molecule has 0 unspecified atom stereocenters. The Morgan fingerprint density at radius 2 is 1.61 bits per heavy atom. The third-order valence-electron chi connectivity index (χ3n) is 5.09. The topological polar surface area (TPSA) is 70.5 Å². The van der Waals surface area contributed by atoms with Crippen molar-refractivity contribution in [1.82, 2.24) is 4.98 Å². The molecule has 0 atom stereocenters. The van der Waals surface area contributed by atoms with Crippen LogP contribution in [0.4, 0.5) is 5.69 Å². The Balaban J connectivity index is 2.18. The second kappa shape index (κ2) is 8.28. The fourth-order valence-electron chi connectivity index (χ4n) is 3.43. The fourth-order valence-corrected chi connectivity index (χ4v) is 5.97. The first-order valence-corrected chi connectivity index (χ1v) is 12.5. The number of benzene rings is 1. The minimum absolute atomic E-state index is 0.137. The molecule has 166 valence electrons. The van der Waals surface area contributed by atoms with Crippen LogP contribution < -0.4 is 4.31 Å². The predicted octanol–water partition coefficient (Wildman–Crippen LogP) is 5.84. The molecule has 3 rings (SSSR count). The van der Waals surface area contributed by atoms with Crippen LogP contribution in [0.15, 0.2) is 58.4 Å². The molecule has 0 aliphatic carbocycles. The Bertz CT molecular complexity index is 1110. The summed E-state index contributed by atoms with van der Waals surface area (Å²) in [6.45, 7) is 12.4. The second-order valence-electron chi connectivity index (χ2n) is 9.69. The van der Waals surface area contributed by atoms with Gasteiger partial charge in [0.15, 0.2) is 0 Å². The molecule has 1 aromatic carbocycles. The van der Waals surface area contributed by atoms with E-state index in [4.69, 9.17) is 0 Å². The zero-order valence-corrected chi connectivity index (χ0v) is 20.5. The summed E-state index contributed by atoms with van der Waals surface area (Å²) in [6.07, 6.45) is 3.18. The number of sulfonamides is 1. The molecule has 7 heteroatoms. The number of aromatic hydroxyl groups is 1. The molecular formula is C24H30N2O3S2. The molecule has 5 nitrogen and oxygen atoms in total. The lowest BCUT2D eigenvalue weighted by Crippen LogP contribution is -2.30. The van der Waals surface area contributed by atoms with E-state index in [0.717, 1.165) is 16.7 Å². The standard InChI is InChI=1S/C24H30N2O3S2/c1-23(2,3)19-13-17(14-20(22(19)27)24(4,5)6)16-26(18-9-7-11-25-15-18)31(28,29)21-10-8-12-30-21/h7-15,27H,16H2,1-6H3. The monoisotopic (exact) mass is 458 g/mol. The normalized spacial score (nSPS) is 12.7. The van der Waals surface area contributed by atoms with E-state index in [-0.39, 0.29) is 27.3 Å². The van der Waals surface area contributed by atoms with E-state index in [1.54, 1.807) is 42.0 Å². The lowest BCUT2D eigenvalue weighted by molar-refractivity contribution is 0.422. The molecule has 2 heterocycles.